The molecule has 1 N–H and O–H groups in total. The maximum Gasteiger partial charge on any atom is 0.338 e. The molecule has 4 heteroatoms. The molecule has 0 saturated carbocycles. The number of halogens is 1. The standard InChI is InChI=1S/C13H18FNO2/c1-3-7-15-9-10(2)17-13(16)11-5-4-6-12(14)8-11/h4-6,8,10,15H,3,7,9H2,1-2H3. The van der Waals surface area contributed by atoms with Crippen molar-refractivity contribution in [2.45, 2.75) is 26.4 Å². The van der Waals surface area contributed by atoms with Crippen molar-refractivity contribution in [1.29, 1.82) is 0 Å². The summed E-state index contributed by atoms with van der Waals surface area (Å²) in [6.07, 6.45) is 0.808. The Labute approximate surface area is 101 Å². The Kier molecular flexibility index (Phi) is 5.63. The van der Waals surface area contributed by atoms with E-state index < -0.39 is 11.8 Å². The van der Waals surface area contributed by atoms with E-state index in [1.54, 1.807) is 6.92 Å². The van der Waals surface area contributed by atoms with Gasteiger partial charge in [0.05, 0.1) is 5.56 Å². The zero-order valence-electron chi connectivity index (χ0n) is 10.2. The van der Waals surface area contributed by atoms with Crippen molar-refractivity contribution in [2.75, 3.05) is 13.1 Å². The number of hydrogen-bond donors (Lipinski definition) is 1. The molecule has 0 radical (unpaired) electrons. The van der Waals surface area contributed by atoms with Gasteiger partial charge in [0.2, 0.25) is 0 Å². The molecule has 0 aliphatic heterocycles. The van der Waals surface area contributed by atoms with Gasteiger partial charge in [0.25, 0.3) is 0 Å². The minimum absolute atomic E-state index is 0.225. The third-order valence-corrected chi connectivity index (χ3v) is 2.23. The molecule has 94 valence electrons. The molecule has 0 bridgehead atoms. The molecule has 1 aromatic carbocycles. The molecular weight excluding hydrogens is 221 g/mol. The minimum Gasteiger partial charge on any atom is -0.458 e. The van der Waals surface area contributed by atoms with Gasteiger partial charge in [0.15, 0.2) is 0 Å². The van der Waals surface area contributed by atoms with Crippen molar-refractivity contribution in [3.8, 4) is 0 Å². The largest absolute Gasteiger partial charge is 0.458 e. The summed E-state index contributed by atoms with van der Waals surface area (Å²) in [5, 5.41) is 3.15. The maximum atomic E-state index is 12.9. The van der Waals surface area contributed by atoms with Crippen LogP contribution in [0.4, 0.5) is 4.39 Å². The van der Waals surface area contributed by atoms with Crippen molar-refractivity contribution in [1.82, 2.24) is 5.32 Å². The van der Waals surface area contributed by atoms with Crippen LogP contribution in [-0.4, -0.2) is 25.2 Å². The average Bonchev–Trinajstić information content (AvgIpc) is 2.29. The molecular formula is C13H18FNO2. The Morgan fingerprint density at radius 1 is 1.53 bits per heavy atom. The van der Waals surface area contributed by atoms with Crippen LogP contribution >= 0.6 is 0 Å². The van der Waals surface area contributed by atoms with Crippen molar-refractivity contribution in [3.05, 3.63) is 35.6 Å². The molecule has 0 aromatic heterocycles. The fourth-order valence-electron chi connectivity index (χ4n) is 1.39. The first kappa shape index (κ1) is 13.6. The number of hydrogen-bond acceptors (Lipinski definition) is 3. The quantitative estimate of drug-likeness (QED) is 0.612. The smallest absolute Gasteiger partial charge is 0.338 e. The Hall–Kier alpha value is -1.42. The van der Waals surface area contributed by atoms with Crippen LogP contribution < -0.4 is 5.32 Å². The summed E-state index contributed by atoms with van der Waals surface area (Å²) in [6, 6.07) is 5.50. The fourth-order valence-corrected chi connectivity index (χ4v) is 1.39. The Morgan fingerprint density at radius 3 is 2.94 bits per heavy atom. The van der Waals surface area contributed by atoms with Crippen LogP contribution in [0, 0.1) is 5.82 Å². The van der Waals surface area contributed by atoms with Gasteiger partial charge in [-0.05, 0) is 38.1 Å². The van der Waals surface area contributed by atoms with Crippen molar-refractivity contribution in [3.63, 3.8) is 0 Å². The number of carbonyl (C=O) groups excluding carboxylic acids is 1. The first-order valence-electron chi connectivity index (χ1n) is 5.80. The summed E-state index contributed by atoms with van der Waals surface area (Å²) < 4.78 is 18.1. The van der Waals surface area contributed by atoms with E-state index in [-0.39, 0.29) is 11.7 Å². The molecule has 0 saturated heterocycles. The number of esters is 1. The molecule has 1 rings (SSSR count). The number of nitrogens with one attached hydrogen (secondary N) is 1. The maximum absolute atomic E-state index is 12.9. The molecule has 3 nitrogen and oxygen atoms in total. The van der Waals surface area contributed by atoms with Crippen LogP contribution in [-0.2, 0) is 4.74 Å². The second-order valence-electron chi connectivity index (χ2n) is 3.93. The molecule has 0 spiro atoms. The van der Waals surface area contributed by atoms with Crippen LogP contribution in [0.25, 0.3) is 0 Å². The number of ether oxygens (including phenoxy) is 1. The van der Waals surface area contributed by atoms with Crippen LogP contribution in [0.1, 0.15) is 30.6 Å². The molecule has 17 heavy (non-hydrogen) atoms. The fraction of sp³-hybridized carbons (Fsp3) is 0.462. The highest BCUT2D eigenvalue weighted by Gasteiger charge is 2.11. The summed E-state index contributed by atoms with van der Waals surface area (Å²) in [4.78, 5) is 11.6. The molecule has 0 amide bonds. The van der Waals surface area contributed by atoms with Gasteiger partial charge in [-0.3, -0.25) is 0 Å². The zero-order chi connectivity index (χ0) is 12.7. The normalized spacial score (nSPS) is 12.2. The lowest BCUT2D eigenvalue weighted by Crippen LogP contribution is -2.29. The predicted molar refractivity (Wildman–Crippen MR) is 64.4 cm³/mol. The van der Waals surface area contributed by atoms with E-state index in [2.05, 4.69) is 12.2 Å². The highest BCUT2D eigenvalue weighted by Crippen LogP contribution is 2.06. The highest BCUT2D eigenvalue weighted by atomic mass is 19.1. The van der Waals surface area contributed by atoms with Gasteiger partial charge in [-0.1, -0.05) is 13.0 Å². The van der Waals surface area contributed by atoms with Crippen molar-refractivity contribution in [2.24, 2.45) is 0 Å². The highest BCUT2D eigenvalue weighted by molar-refractivity contribution is 5.89. The second kappa shape index (κ2) is 7.01. The topological polar surface area (TPSA) is 38.3 Å². The van der Waals surface area contributed by atoms with Gasteiger partial charge in [0, 0.05) is 6.54 Å². The van der Waals surface area contributed by atoms with E-state index in [4.69, 9.17) is 4.74 Å². The van der Waals surface area contributed by atoms with Crippen LogP contribution in [0.2, 0.25) is 0 Å². The van der Waals surface area contributed by atoms with Gasteiger partial charge in [-0.15, -0.1) is 0 Å². The van der Waals surface area contributed by atoms with Crippen LogP contribution in [0.15, 0.2) is 24.3 Å². The molecule has 0 aliphatic rings. The Balaban J connectivity index is 2.43. The lowest BCUT2D eigenvalue weighted by Gasteiger charge is -2.13. The van der Waals surface area contributed by atoms with E-state index in [1.165, 1.54) is 24.3 Å². The minimum atomic E-state index is -0.490. The molecule has 1 aromatic rings. The van der Waals surface area contributed by atoms with Crippen molar-refractivity contribution < 1.29 is 13.9 Å². The van der Waals surface area contributed by atoms with Gasteiger partial charge in [0.1, 0.15) is 11.9 Å². The third-order valence-electron chi connectivity index (χ3n) is 2.23. The first-order valence-corrected chi connectivity index (χ1v) is 5.80. The average molecular weight is 239 g/mol. The van der Waals surface area contributed by atoms with E-state index in [0.717, 1.165) is 13.0 Å². The van der Waals surface area contributed by atoms with E-state index in [9.17, 15) is 9.18 Å². The SMILES string of the molecule is CCCNCC(C)OC(=O)c1cccc(F)c1. The number of rotatable bonds is 6. The summed E-state index contributed by atoms with van der Waals surface area (Å²) in [5.74, 6) is -0.925. The first-order chi connectivity index (χ1) is 8.13. The molecule has 0 aliphatic carbocycles. The molecule has 0 heterocycles. The summed E-state index contributed by atoms with van der Waals surface area (Å²) in [6.45, 7) is 5.37. The van der Waals surface area contributed by atoms with Gasteiger partial charge in [-0.25, -0.2) is 9.18 Å². The number of carbonyl (C=O) groups is 1. The van der Waals surface area contributed by atoms with Crippen LogP contribution in [0.5, 0.6) is 0 Å². The monoisotopic (exact) mass is 239 g/mol. The van der Waals surface area contributed by atoms with Crippen LogP contribution in [0.3, 0.4) is 0 Å². The number of benzene rings is 1. The van der Waals surface area contributed by atoms with Gasteiger partial charge in [-0.2, -0.15) is 0 Å². The lowest BCUT2D eigenvalue weighted by atomic mass is 10.2. The Morgan fingerprint density at radius 2 is 2.29 bits per heavy atom. The molecule has 1 atom stereocenters. The Bertz CT molecular complexity index is 368. The van der Waals surface area contributed by atoms with Gasteiger partial charge < -0.3 is 10.1 Å². The van der Waals surface area contributed by atoms with E-state index >= 15 is 0 Å². The molecule has 1 unspecified atom stereocenters. The second-order valence-corrected chi connectivity index (χ2v) is 3.93. The summed E-state index contributed by atoms with van der Waals surface area (Å²) in [7, 11) is 0. The lowest BCUT2D eigenvalue weighted by molar-refractivity contribution is 0.0342. The molecule has 0 fully saturated rings. The van der Waals surface area contributed by atoms with Crippen molar-refractivity contribution >= 4 is 5.97 Å². The van der Waals surface area contributed by atoms with E-state index in [1.807, 2.05) is 0 Å². The predicted octanol–water partition coefficient (Wildman–Crippen LogP) is 2.37. The van der Waals surface area contributed by atoms with E-state index in [0.29, 0.717) is 6.54 Å². The zero-order valence-corrected chi connectivity index (χ0v) is 10.2. The summed E-state index contributed by atoms with van der Waals surface area (Å²) in [5.41, 5.74) is 0.243. The summed E-state index contributed by atoms with van der Waals surface area (Å²) >= 11 is 0. The van der Waals surface area contributed by atoms with Gasteiger partial charge >= 0.3 is 5.97 Å². The third kappa shape index (κ3) is 4.95.